The summed E-state index contributed by atoms with van der Waals surface area (Å²) in [5.74, 6) is 2.49. The van der Waals surface area contributed by atoms with Crippen LogP contribution in [0, 0.1) is 13.8 Å². The van der Waals surface area contributed by atoms with E-state index in [0.717, 1.165) is 27.4 Å². The van der Waals surface area contributed by atoms with E-state index in [4.69, 9.17) is 16.6 Å². The molecule has 0 spiro atoms. The molecule has 0 aliphatic carbocycles. The fourth-order valence-corrected chi connectivity index (χ4v) is 2.19. The fraction of sp³-hybridized carbons (Fsp3) is 0.231. The van der Waals surface area contributed by atoms with Gasteiger partial charge in [-0.05, 0) is 65.8 Å². The van der Waals surface area contributed by atoms with E-state index in [1.807, 2.05) is 32.0 Å². The Morgan fingerprint density at radius 3 is 2.84 bits per heavy atom. The molecule has 0 bridgehead atoms. The van der Waals surface area contributed by atoms with E-state index in [0.29, 0.717) is 11.7 Å². The SMILES string of the molecule is Cc1ccc(CNC(=S)Nc2ncc(Br)cc2C)o1. The maximum atomic E-state index is 5.45. The number of halogens is 1. The van der Waals surface area contributed by atoms with Crippen molar-refractivity contribution >= 4 is 39.1 Å². The molecular formula is C13H14BrN3OS. The summed E-state index contributed by atoms with van der Waals surface area (Å²) < 4.78 is 6.40. The molecule has 0 saturated carbocycles. The molecule has 0 amide bonds. The highest BCUT2D eigenvalue weighted by Gasteiger charge is 2.04. The zero-order valence-electron chi connectivity index (χ0n) is 10.7. The summed E-state index contributed by atoms with van der Waals surface area (Å²) in [7, 11) is 0. The maximum absolute atomic E-state index is 5.45. The molecule has 2 rings (SSSR count). The molecule has 2 aromatic rings. The number of hydrogen-bond donors (Lipinski definition) is 2. The van der Waals surface area contributed by atoms with Gasteiger partial charge in [0.05, 0.1) is 6.54 Å². The predicted molar refractivity (Wildman–Crippen MR) is 83.2 cm³/mol. The first-order chi connectivity index (χ1) is 9.04. The first-order valence-corrected chi connectivity index (χ1v) is 6.97. The van der Waals surface area contributed by atoms with E-state index < -0.39 is 0 Å². The molecule has 2 aromatic heterocycles. The molecule has 0 aromatic carbocycles. The average Bonchev–Trinajstić information content (AvgIpc) is 2.76. The number of thiocarbonyl (C=S) groups is 1. The van der Waals surface area contributed by atoms with Gasteiger partial charge >= 0.3 is 0 Å². The zero-order valence-corrected chi connectivity index (χ0v) is 13.1. The highest BCUT2D eigenvalue weighted by molar-refractivity contribution is 9.10. The summed E-state index contributed by atoms with van der Waals surface area (Å²) in [4.78, 5) is 4.27. The molecule has 4 nitrogen and oxygen atoms in total. The van der Waals surface area contributed by atoms with Crippen LogP contribution in [0.5, 0.6) is 0 Å². The van der Waals surface area contributed by atoms with Crippen molar-refractivity contribution in [1.82, 2.24) is 10.3 Å². The monoisotopic (exact) mass is 339 g/mol. The summed E-state index contributed by atoms with van der Waals surface area (Å²) >= 11 is 8.59. The van der Waals surface area contributed by atoms with Crippen LogP contribution in [0.15, 0.2) is 33.3 Å². The lowest BCUT2D eigenvalue weighted by Crippen LogP contribution is -2.28. The number of furan rings is 1. The smallest absolute Gasteiger partial charge is 0.172 e. The van der Waals surface area contributed by atoms with Gasteiger partial charge in [-0.2, -0.15) is 0 Å². The normalized spacial score (nSPS) is 10.3. The van der Waals surface area contributed by atoms with Crippen molar-refractivity contribution in [2.75, 3.05) is 5.32 Å². The van der Waals surface area contributed by atoms with Crippen LogP contribution >= 0.6 is 28.1 Å². The number of aromatic nitrogens is 1. The minimum absolute atomic E-state index is 0.520. The minimum Gasteiger partial charge on any atom is -0.465 e. The van der Waals surface area contributed by atoms with E-state index >= 15 is 0 Å². The van der Waals surface area contributed by atoms with Gasteiger partial charge in [-0.15, -0.1) is 0 Å². The van der Waals surface area contributed by atoms with E-state index in [1.165, 1.54) is 0 Å². The molecule has 2 heterocycles. The van der Waals surface area contributed by atoms with Crippen molar-refractivity contribution in [3.63, 3.8) is 0 Å². The summed E-state index contributed by atoms with van der Waals surface area (Å²) in [6.45, 7) is 4.43. The van der Waals surface area contributed by atoms with Crippen molar-refractivity contribution in [3.8, 4) is 0 Å². The maximum Gasteiger partial charge on any atom is 0.172 e. The summed E-state index contributed by atoms with van der Waals surface area (Å²) in [5.41, 5.74) is 1.02. The molecule has 0 saturated heterocycles. The van der Waals surface area contributed by atoms with Crippen LogP contribution in [0.3, 0.4) is 0 Å². The van der Waals surface area contributed by atoms with Gasteiger partial charge in [-0.25, -0.2) is 4.98 Å². The first kappa shape index (κ1) is 14.0. The van der Waals surface area contributed by atoms with E-state index in [2.05, 4.69) is 31.5 Å². The molecule has 0 aliphatic heterocycles. The third kappa shape index (κ3) is 4.04. The standard InChI is InChI=1S/C13H14BrN3OS/c1-8-5-10(14)6-15-12(8)17-13(19)16-7-11-4-3-9(2)18-11/h3-6H,7H2,1-2H3,(H2,15,16,17,19). The van der Waals surface area contributed by atoms with E-state index in [-0.39, 0.29) is 0 Å². The van der Waals surface area contributed by atoms with Crippen LogP contribution in [0.1, 0.15) is 17.1 Å². The molecular weight excluding hydrogens is 326 g/mol. The van der Waals surface area contributed by atoms with Gasteiger partial charge in [-0.3, -0.25) is 0 Å². The van der Waals surface area contributed by atoms with Crippen molar-refractivity contribution in [3.05, 3.63) is 46.0 Å². The number of nitrogens with zero attached hydrogens (tertiary/aromatic N) is 1. The summed E-state index contributed by atoms with van der Waals surface area (Å²) in [5, 5.41) is 6.66. The lowest BCUT2D eigenvalue weighted by atomic mass is 10.3. The second-order valence-electron chi connectivity index (χ2n) is 4.14. The van der Waals surface area contributed by atoms with Crippen LogP contribution in [0.25, 0.3) is 0 Å². The van der Waals surface area contributed by atoms with E-state index in [1.54, 1.807) is 6.20 Å². The topological polar surface area (TPSA) is 50.1 Å². The average molecular weight is 340 g/mol. The highest BCUT2D eigenvalue weighted by Crippen LogP contribution is 2.16. The second-order valence-corrected chi connectivity index (χ2v) is 5.46. The molecule has 0 aliphatic rings. The number of pyridine rings is 1. The Labute approximate surface area is 125 Å². The molecule has 0 atom stereocenters. The number of aryl methyl sites for hydroxylation is 2. The van der Waals surface area contributed by atoms with Gasteiger partial charge in [0.25, 0.3) is 0 Å². The van der Waals surface area contributed by atoms with Crippen molar-refractivity contribution in [1.29, 1.82) is 0 Å². The fourth-order valence-electron chi connectivity index (χ4n) is 1.57. The highest BCUT2D eigenvalue weighted by atomic mass is 79.9. The third-order valence-electron chi connectivity index (χ3n) is 2.50. The van der Waals surface area contributed by atoms with Crippen LogP contribution in [-0.4, -0.2) is 10.1 Å². The van der Waals surface area contributed by atoms with Gasteiger partial charge < -0.3 is 15.1 Å². The van der Waals surface area contributed by atoms with Gasteiger partial charge in [0.2, 0.25) is 0 Å². The second kappa shape index (κ2) is 6.16. The van der Waals surface area contributed by atoms with Gasteiger partial charge in [0.15, 0.2) is 5.11 Å². The summed E-state index contributed by atoms with van der Waals surface area (Å²) in [6.07, 6.45) is 1.73. The number of anilines is 1. The Kier molecular flexibility index (Phi) is 4.55. The Hall–Kier alpha value is -1.40. The van der Waals surface area contributed by atoms with Crippen molar-refractivity contribution in [2.45, 2.75) is 20.4 Å². The lowest BCUT2D eigenvalue weighted by molar-refractivity contribution is 0.478. The number of rotatable bonds is 3. The van der Waals surface area contributed by atoms with Crippen LogP contribution in [-0.2, 0) is 6.54 Å². The lowest BCUT2D eigenvalue weighted by Gasteiger charge is -2.10. The number of nitrogens with one attached hydrogen (secondary N) is 2. The Bertz CT molecular complexity index is 597. The van der Waals surface area contributed by atoms with Crippen LogP contribution < -0.4 is 10.6 Å². The third-order valence-corrected chi connectivity index (χ3v) is 3.18. The van der Waals surface area contributed by atoms with Gasteiger partial charge in [-0.1, -0.05) is 0 Å². The molecule has 0 unspecified atom stereocenters. The Morgan fingerprint density at radius 1 is 1.42 bits per heavy atom. The zero-order chi connectivity index (χ0) is 13.8. The first-order valence-electron chi connectivity index (χ1n) is 5.77. The Morgan fingerprint density at radius 2 is 2.21 bits per heavy atom. The molecule has 19 heavy (non-hydrogen) atoms. The van der Waals surface area contributed by atoms with Crippen LogP contribution in [0.2, 0.25) is 0 Å². The Balaban J connectivity index is 1.90. The molecule has 0 fully saturated rings. The quantitative estimate of drug-likeness (QED) is 0.837. The molecule has 0 radical (unpaired) electrons. The van der Waals surface area contributed by atoms with Gasteiger partial charge in [0, 0.05) is 10.7 Å². The largest absolute Gasteiger partial charge is 0.465 e. The minimum atomic E-state index is 0.520. The van der Waals surface area contributed by atoms with Crippen LogP contribution in [0.4, 0.5) is 5.82 Å². The summed E-state index contributed by atoms with van der Waals surface area (Å²) in [6, 6.07) is 5.83. The predicted octanol–water partition coefficient (Wildman–Crippen LogP) is 3.54. The van der Waals surface area contributed by atoms with Crippen molar-refractivity contribution < 1.29 is 4.42 Å². The molecule has 6 heteroatoms. The van der Waals surface area contributed by atoms with Crippen molar-refractivity contribution in [2.24, 2.45) is 0 Å². The molecule has 2 N–H and O–H groups in total. The number of hydrogen-bond acceptors (Lipinski definition) is 3. The van der Waals surface area contributed by atoms with E-state index in [9.17, 15) is 0 Å². The van der Waals surface area contributed by atoms with Gasteiger partial charge in [0.1, 0.15) is 17.3 Å². The molecule has 100 valence electrons.